The predicted molar refractivity (Wildman–Crippen MR) is 95.0 cm³/mol. The molecule has 0 aliphatic heterocycles. The Balaban J connectivity index is 1.69. The Morgan fingerprint density at radius 1 is 1.05 bits per heavy atom. The highest BCUT2D eigenvalue weighted by Gasteiger charge is 2.05. The Kier molecular flexibility index (Phi) is 7.12. The summed E-state index contributed by atoms with van der Waals surface area (Å²) in [6.45, 7) is 0. The molecule has 0 N–H and O–H groups in total. The molecule has 2 rings (SSSR count). The highest BCUT2D eigenvalue weighted by molar-refractivity contribution is 7.96. The highest BCUT2D eigenvalue weighted by atomic mass is 35.5. The molecular weight excluding hydrogens is 312 g/mol. The SMILES string of the molecule is [O-][S+](C#CCCC/C=C/c1ccc(Cl)cc1)c1ccccc1. The molecule has 2 aromatic carbocycles. The number of halogens is 1. The lowest BCUT2D eigenvalue weighted by Gasteiger charge is -1.99. The first-order valence-corrected chi connectivity index (χ1v) is 8.66. The van der Waals surface area contributed by atoms with E-state index in [0.29, 0.717) is 0 Å². The fourth-order valence-electron chi connectivity index (χ4n) is 1.82. The standard InChI is InChI=1S/C19H17ClOS/c20-18-14-12-17(13-15-18)9-5-2-1-3-8-16-22(21)19-10-6-4-7-11-19/h4-7,9-15H,1-3H2/b9-5+. The van der Waals surface area contributed by atoms with Crippen LogP contribution in [-0.4, -0.2) is 4.55 Å². The van der Waals surface area contributed by atoms with Crippen LogP contribution in [0.15, 0.2) is 65.6 Å². The molecule has 0 amide bonds. The normalized spacial score (nSPS) is 11.9. The zero-order valence-corrected chi connectivity index (χ0v) is 13.7. The predicted octanol–water partition coefficient (Wildman–Crippen LogP) is 5.29. The summed E-state index contributed by atoms with van der Waals surface area (Å²) in [7, 11) is 0. The van der Waals surface area contributed by atoms with E-state index in [9.17, 15) is 4.55 Å². The molecule has 112 valence electrons. The van der Waals surface area contributed by atoms with Crippen LogP contribution in [0.4, 0.5) is 0 Å². The van der Waals surface area contributed by atoms with Crippen molar-refractivity contribution < 1.29 is 4.55 Å². The highest BCUT2D eigenvalue weighted by Crippen LogP contribution is 2.11. The Bertz CT molecular complexity index is 653. The van der Waals surface area contributed by atoms with Crippen molar-refractivity contribution >= 4 is 28.9 Å². The number of allylic oxidation sites excluding steroid dienone is 1. The Morgan fingerprint density at radius 2 is 1.77 bits per heavy atom. The van der Waals surface area contributed by atoms with Gasteiger partial charge in [-0.2, -0.15) is 0 Å². The number of rotatable bonds is 5. The minimum absolute atomic E-state index is 0.749. The van der Waals surface area contributed by atoms with Crippen molar-refractivity contribution in [2.75, 3.05) is 0 Å². The summed E-state index contributed by atoms with van der Waals surface area (Å²) in [6.07, 6.45) is 6.87. The van der Waals surface area contributed by atoms with E-state index in [1.54, 1.807) is 0 Å². The van der Waals surface area contributed by atoms with Gasteiger partial charge < -0.3 is 4.55 Å². The van der Waals surface area contributed by atoms with Crippen LogP contribution in [0.1, 0.15) is 24.8 Å². The second kappa shape index (κ2) is 9.38. The first-order valence-electron chi connectivity index (χ1n) is 7.13. The summed E-state index contributed by atoms with van der Waals surface area (Å²) >= 11 is 4.62. The minimum atomic E-state index is -1.21. The van der Waals surface area contributed by atoms with Crippen molar-refractivity contribution in [2.24, 2.45) is 0 Å². The van der Waals surface area contributed by atoms with Crippen molar-refractivity contribution in [1.82, 2.24) is 0 Å². The van der Waals surface area contributed by atoms with Gasteiger partial charge in [-0.3, -0.25) is 0 Å². The lowest BCUT2D eigenvalue weighted by Crippen LogP contribution is -1.95. The Hall–Kier alpha value is -1.66. The third kappa shape index (κ3) is 5.99. The third-order valence-corrected chi connectivity index (χ3v) is 4.26. The van der Waals surface area contributed by atoms with Crippen molar-refractivity contribution in [1.29, 1.82) is 0 Å². The molecule has 2 aromatic rings. The van der Waals surface area contributed by atoms with Crippen LogP contribution in [0, 0.1) is 11.2 Å². The van der Waals surface area contributed by atoms with E-state index in [1.165, 1.54) is 0 Å². The van der Waals surface area contributed by atoms with Crippen LogP contribution in [0.25, 0.3) is 6.08 Å². The molecule has 0 aliphatic rings. The molecule has 0 fully saturated rings. The van der Waals surface area contributed by atoms with Gasteiger partial charge in [0.25, 0.3) is 0 Å². The summed E-state index contributed by atoms with van der Waals surface area (Å²) in [5.74, 6) is 2.99. The largest absolute Gasteiger partial charge is 0.599 e. The molecule has 0 spiro atoms. The van der Waals surface area contributed by atoms with Crippen LogP contribution < -0.4 is 0 Å². The van der Waals surface area contributed by atoms with Crippen molar-refractivity contribution in [2.45, 2.75) is 24.2 Å². The van der Waals surface area contributed by atoms with Crippen molar-refractivity contribution in [3.63, 3.8) is 0 Å². The van der Waals surface area contributed by atoms with Gasteiger partial charge in [0, 0.05) is 11.4 Å². The van der Waals surface area contributed by atoms with E-state index in [2.05, 4.69) is 23.3 Å². The van der Waals surface area contributed by atoms with Gasteiger partial charge in [-0.25, -0.2) is 0 Å². The number of benzene rings is 2. The van der Waals surface area contributed by atoms with E-state index in [4.69, 9.17) is 11.6 Å². The van der Waals surface area contributed by atoms with Gasteiger partial charge in [0.2, 0.25) is 0 Å². The van der Waals surface area contributed by atoms with Gasteiger partial charge in [0.1, 0.15) is 0 Å². The molecule has 22 heavy (non-hydrogen) atoms. The van der Waals surface area contributed by atoms with Crippen LogP contribution in [0.3, 0.4) is 0 Å². The minimum Gasteiger partial charge on any atom is -0.599 e. The van der Waals surface area contributed by atoms with Gasteiger partial charge >= 0.3 is 0 Å². The lowest BCUT2D eigenvalue weighted by molar-refractivity contribution is 0.605. The zero-order chi connectivity index (χ0) is 15.6. The maximum atomic E-state index is 11.9. The monoisotopic (exact) mass is 328 g/mol. The summed E-state index contributed by atoms with van der Waals surface area (Å²) in [5, 5.41) is 3.55. The summed E-state index contributed by atoms with van der Waals surface area (Å²) < 4.78 is 11.9. The Morgan fingerprint density at radius 3 is 2.50 bits per heavy atom. The maximum Gasteiger partial charge on any atom is 0.167 e. The van der Waals surface area contributed by atoms with Crippen LogP contribution in [0.2, 0.25) is 5.02 Å². The van der Waals surface area contributed by atoms with Gasteiger partial charge in [-0.05, 0) is 48.6 Å². The maximum absolute atomic E-state index is 11.9. The number of hydrogen-bond acceptors (Lipinski definition) is 1. The second-order valence-corrected chi connectivity index (χ2v) is 6.36. The molecule has 0 radical (unpaired) electrons. The number of unbranched alkanes of at least 4 members (excludes halogenated alkanes) is 2. The fraction of sp³-hybridized carbons (Fsp3) is 0.158. The summed E-state index contributed by atoms with van der Waals surface area (Å²) in [5.41, 5.74) is 1.14. The molecule has 0 heterocycles. The van der Waals surface area contributed by atoms with E-state index in [-0.39, 0.29) is 0 Å². The summed E-state index contributed by atoms with van der Waals surface area (Å²) in [4.78, 5) is 0.762. The van der Waals surface area contributed by atoms with Gasteiger partial charge in [-0.15, -0.1) is 0 Å². The average molecular weight is 329 g/mol. The van der Waals surface area contributed by atoms with Crippen molar-refractivity contribution in [3.05, 3.63) is 71.3 Å². The molecular formula is C19H17ClOS. The number of hydrogen-bond donors (Lipinski definition) is 0. The Labute approximate surface area is 140 Å². The molecule has 3 heteroatoms. The molecule has 0 saturated heterocycles. The first-order chi connectivity index (χ1) is 10.8. The molecule has 1 atom stereocenters. The van der Waals surface area contributed by atoms with E-state index < -0.39 is 11.2 Å². The smallest absolute Gasteiger partial charge is 0.167 e. The molecule has 0 bridgehead atoms. The van der Waals surface area contributed by atoms with Crippen LogP contribution >= 0.6 is 11.6 Å². The van der Waals surface area contributed by atoms with E-state index >= 15 is 0 Å². The molecule has 1 nitrogen and oxygen atoms in total. The summed E-state index contributed by atoms with van der Waals surface area (Å²) in [6, 6.07) is 17.0. The topological polar surface area (TPSA) is 23.1 Å². The quantitative estimate of drug-likeness (QED) is 0.415. The average Bonchev–Trinajstić information content (AvgIpc) is 2.56. The van der Waals surface area contributed by atoms with Crippen molar-refractivity contribution in [3.8, 4) is 11.2 Å². The molecule has 0 saturated carbocycles. The van der Waals surface area contributed by atoms with Crippen LogP contribution in [0.5, 0.6) is 0 Å². The van der Waals surface area contributed by atoms with Gasteiger partial charge in [-0.1, -0.05) is 54.1 Å². The fourth-order valence-corrected chi connectivity index (χ4v) is 2.70. The first kappa shape index (κ1) is 16.7. The van der Waals surface area contributed by atoms with Gasteiger partial charge in [0.05, 0.1) is 11.2 Å². The van der Waals surface area contributed by atoms with E-state index in [1.807, 2.05) is 54.6 Å². The third-order valence-electron chi connectivity index (χ3n) is 2.98. The lowest BCUT2D eigenvalue weighted by atomic mass is 10.1. The van der Waals surface area contributed by atoms with E-state index in [0.717, 1.165) is 34.7 Å². The zero-order valence-electron chi connectivity index (χ0n) is 12.2. The molecule has 0 aliphatic carbocycles. The second-order valence-electron chi connectivity index (χ2n) is 4.71. The van der Waals surface area contributed by atoms with Crippen LogP contribution in [-0.2, 0) is 11.2 Å². The van der Waals surface area contributed by atoms with Gasteiger partial charge in [0.15, 0.2) is 10.1 Å². The molecule has 0 aromatic heterocycles. The molecule has 1 unspecified atom stereocenters.